The van der Waals surface area contributed by atoms with Crippen LogP contribution in [0.15, 0.2) is 36.0 Å². The summed E-state index contributed by atoms with van der Waals surface area (Å²) in [7, 11) is 0. The van der Waals surface area contributed by atoms with Gasteiger partial charge in [-0.2, -0.15) is 0 Å². The van der Waals surface area contributed by atoms with Gasteiger partial charge in [-0.3, -0.25) is 0 Å². The van der Waals surface area contributed by atoms with Gasteiger partial charge in [0.25, 0.3) is 0 Å². The van der Waals surface area contributed by atoms with Crippen LogP contribution in [0.5, 0.6) is 0 Å². The van der Waals surface area contributed by atoms with E-state index in [2.05, 4.69) is 31.7 Å². The highest BCUT2D eigenvalue weighted by atomic mass is 14.2. The molecule has 2 rings (SSSR count). The average Bonchev–Trinajstić information content (AvgIpc) is 2.56. The summed E-state index contributed by atoms with van der Waals surface area (Å²) >= 11 is 0. The van der Waals surface area contributed by atoms with Gasteiger partial charge in [0, 0.05) is 0 Å². The minimum absolute atomic E-state index is 0.741. The van der Waals surface area contributed by atoms with E-state index in [4.69, 9.17) is 0 Å². The Morgan fingerprint density at radius 3 is 2.93 bits per heavy atom. The molecule has 0 heterocycles. The Kier molecular flexibility index (Phi) is 2.90. The normalized spacial score (nSPS) is 32.1. The Bertz CT molecular complexity index is 280. The molecule has 0 spiro atoms. The van der Waals surface area contributed by atoms with Gasteiger partial charge in [-0.05, 0) is 43.9 Å². The lowest BCUT2D eigenvalue weighted by atomic mass is 9.90. The second-order valence-corrected chi connectivity index (χ2v) is 4.80. The SMILES string of the molecule is C=C1CCCC1CC1=CCC(C)C=C1. The predicted octanol–water partition coefficient (Wildman–Crippen LogP) is 4.26. The maximum Gasteiger partial charge on any atom is -0.0165 e. The van der Waals surface area contributed by atoms with Crippen LogP contribution >= 0.6 is 0 Å². The lowest BCUT2D eigenvalue weighted by molar-refractivity contribution is 0.618. The van der Waals surface area contributed by atoms with Gasteiger partial charge in [0.2, 0.25) is 0 Å². The van der Waals surface area contributed by atoms with Crippen molar-refractivity contribution in [1.82, 2.24) is 0 Å². The first kappa shape index (κ1) is 9.76. The van der Waals surface area contributed by atoms with Crippen molar-refractivity contribution in [3.63, 3.8) is 0 Å². The Labute approximate surface area is 87.4 Å². The Morgan fingerprint density at radius 2 is 2.36 bits per heavy atom. The molecule has 2 unspecified atom stereocenters. The largest absolute Gasteiger partial charge is 0.0996 e. The first-order valence-corrected chi connectivity index (χ1v) is 5.80. The van der Waals surface area contributed by atoms with Crippen molar-refractivity contribution in [2.45, 2.75) is 39.0 Å². The van der Waals surface area contributed by atoms with Gasteiger partial charge < -0.3 is 0 Å². The fourth-order valence-electron chi connectivity index (χ4n) is 2.44. The van der Waals surface area contributed by atoms with Gasteiger partial charge in [-0.25, -0.2) is 0 Å². The lowest BCUT2D eigenvalue weighted by Crippen LogP contribution is -2.01. The van der Waals surface area contributed by atoms with Gasteiger partial charge in [0.1, 0.15) is 0 Å². The minimum Gasteiger partial charge on any atom is -0.0996 e. The van der Waals surface area contributed by atoms with E-state index in [0.717, 1.165) is 11.8 Å². The molecule has 76 valence electrons. The Morgan fingerprint density at radius 1 is 1.50 bits per heavy atom. The average molecular weight is 188 g/mol. The maximum atomic E-state index is 4.16. The van der Waals surface area contributed by atoms with Crippen LogP contribution in [-0.2, 0) is 0 Å². The smallest absolute Gasteiger partial charge is 0.0165 e. The zero-order valence-electron chi connectivity index (χ0n) is 9.13. The summed E-state index contributed by atoms with van der Waals surface area (Å²) in [5.41, 5.74) is 3.02. The van der Waals surface area contributed by atoms with E-state index in [9.17, 15) is 0 Å². The summed E-state index contributed by atoms with van der Waals surface area (Å²) in [5.74, 6) is 1.52. The van der Waals surface area contributed by atoms with E-state index < -0.39 is 0 Å². The molecule has 1 fully saturated rings. The topological polar surface area (TPSA) is 0 Å². The van der Waals surface area contributed by atoms with E-state index in [1.807, 2.05) is 0 Å². The first-order valence-electron chi connectivity index (χ1n) is 5.80. The van der Waals surface area contributed by atoms with Crippen LogP contribution in [-0.4, -0.2) is 0 Å². The fraction of sp³-hybridized carbons (Fsp3) is 0.571. The summed E-state index contributed by atoms with van der Waals surface area (Å²) in [6, 6.07) is 0. The van der Waals surface area contributed by atoms with Gasteiger partial charge in [-0.15, -0.1) is 0 Å². The van der Waals surface area contributed by atoms with E-state index >= 15 is 0 Å². The molecule has 2 aliphatic rings. The molecule has 0 saturated heterocycles. The molecule has 0 radical (unpaired) electrons. The number of rotatable bonds is 2. The van der Waals surface area contributed by atoms with Crippen molar-refractivity contribution in [2.75, 3.05) is 0 Å². The van der Waals surface area contributed by atoms with Crippen molar-refractivity contribution in [3.05, 3.63) is 36.0 Å². The van der Waals surface area contributed by atoms with Crippen LogP contribution < -0.4 is 0 Å². The quantitative estimate of drug-likeness (QED) is 0.568. The van der Waals surface area contributed by atoms with Gasteiger partial charge in [-0.1, -0.05) is 42.9 Å². The summed E-state index contributed by atoms with van der Waals surface area (Å²) in [5, 5.41) is 0. The molecule has 2 atom stereocenters. The van der Waals surface area contributed by atoms with Crippen LogP contribution in [0.25, 0.3) is 0 Å². The highest BCUT2D eigenvalue weighted by Crippen LogP contribution is 2.35. The first-order chi connectivity index (χ1) is 6.75. The molecular weight excluding hydrogens is 168 g/mol. The monoisotopic (exact) mass is 188 g/mol. The molecule has 0 aromatic heterocycles. The van der Waals surface area contributed by atoms with Crippen molar-refractivity contribution < 1.29 is 0 Å². The molecule has 0 bridgehead atoms. The van der Waals surface area contributed by atoms with Gasteiger partial charge in [0.05, 0.1) is 0 Å². The van der Waals surface area contributed by atoms with Crippen LogP contribution in [0.4, 0.5) is 0 Å². The molecule has 0 N–H and O–H groups in total. The molecule has 14 heavy (non-hydrogen) atoms. The van der Waals surface area contributed by atoms with Crippen LogP contribution in [0.2, 0.25) is 0 Å². The van der Waals surface area contributed by atoms with Crippen LogP contribution in [0, 0.1) is 11.8 Å². The van der Waals surface area contributed by atoms with Crippen molar-refractivity contribution in [1.29, 1.82) is 0 Å². The molecule has 0 nitrogen and oxygen atoms in total. The third-order valence-electron chi connectivity index (χ3n) is 3.50. The minimum atomic E-state index is 0.741. The second kappa shape index (κ2) is 4.16. The third kappa shape index (κ3) is 2.17. The summed E-state index contributed by atoms with van der Waals surface area (Å²) in [6.45, 7) is 6.44. The van der Waals surface area contributed by atoms with Crippen molar-refractivity contribution in [2.24, 2.45) is 11.8 Å². The van der Waals surface area contributed by atoms with Gasteiger partial charge in [0.15, 0.2) is 0 Å². The fourth-order valence-corrected chi connectivity index (χ4v) is 2.44. The van der Waals surface area contributed by atoms with E-state index in [0.29, 0.717) is 0 Å². The molecule has 2 aliphatic carbocycles. The van der Waals surface area contributed by atoms with E-state index in [-0.39, 0.29) is 0 Å². The molecule has 0 aliphatic heterocycles. The third-order valence-corrected chi connectivity index (χ3v) is 3.50. The molecule has 0 aromatic carbocycles. The summed E-state index contributed by atoms with van der Waals surface area (Å²) in [6.07, 6.45) is 13.5. The van der Waals surface area contributed by atoms with Crippen molar-refractivity contribution in [3.8, 4) is 0 Å². The molecule has 1 saturated carbocycles. The van der Waals surface area contributed by atoms with Crippen LogP contribution in [0.3, 0.4) is 0 Å². The van der Waals surface area contributed by atoms with E-state index in [1.165, 1.54) is 43.3 Å². The predicted molar refractivity (Wildman–Crippen MR) is 62.1 cm³/mol. The molecular formula is C14H20. The highest BCUT2D eigenvalue weighted by molar-refractivity contribution is 5.26. The zero-order valence-corrected chi connectivity index (χ0v) is 9.13. The molecule has 0 amide bonds. The highest BCUT2D eigenvalue weighted by Gasteiger charge is 2.20. The summed E-state index contributed by atoms with van der Waals surface area (Å²) < 4.78 is 0. The second-order valence-electron chi connectivity index (χ2n) is 4.80. The zero-order chi connectivity index (χ0) is 9.97. The number of hydrogen-bond acceptors (Lipinski definition) is 0. The lowest BCUT2D eigenvalue weighted by Gasteiger charge is -2.16. The number of allylic oxidation sites excluding steroid dienone is 5. The maximum absolute atomic E-state index is 4.16. The molecule has 0 aromatic rings. The van der Waals surface area contributed by atoms with Crippen LogP contribution in [0.1, 0.15) is 39.0 Å². The standard InChI is InChI=1S/C14H20/c1-11-6-8-13(9-7-11)10-14-5-3-4-12(14)2/h6,8-9,11,14H,2-5,7,10H2,1H3. The number of hydrogen-bond donors (Lipinski definition) is 0. The van der Waals surface area contributed by atoms with Gasteiger partial charge >= 0.3 is 0 Å². The molecule has 0 heteroatoms. The Hall–Kier alpha value is -0.780. The summed E-state index contributed by atoms with van der Waals surface area (Å²) in [4.78, 5) is 0. The van der Waals surface area contributed by atoms with Crippen molar-refractivity contribution >= 4 is 0 Å². The Balaban J connectivity index is 1.92. The van der Waals surface area contributed by atoms with E-state index in [1.54, 1.807) is 0 Å².